The van der Waals surface area contributed by atoms with Gasteiger partial charge in [-0.05, 0) is 26.0 Å². The number of hydrogen-bond acceptors (Lipinski definition) is 2. The van der Waals surface area contributed by atoms with E-state index in [0.717, 1.165) is 0 Å². The summed E-state index contributed by atoms with van der Waals surface area (Å²) < 4.78 is 5.44. The maximum atomic E-state index is 8.81. The highest BCUT2D eigenvalue weighted by Gasteiger charge is 2.19. The predicted molar refractivity (Wildman–Crippen MR) is 61.4 cm³/mol. The van der Waals surface area contributed by atoms with Crippen LogP contribution in [0.1, 0.15) is 13.8 Å². The molecule has 0 radical (unpaired) electrons. The number of nitriles is 1. The highest BCUT2D eigenvalue weighted by atomic mass is 35.5. The molecule has 0 amide bonds. The monoisotopic (exact) mass is 243 g/mol. The number of para-hydroxylation sites is 1. The van der Waals surface area contributed by atoms with Crippen LogP contribution in [0.3, 0.4) is 0 Å². The van der Waals surface area contributed by atoms with Gasteiger partial charge in [-0.3, -0.25) is 0 Å². The molecule has 0 aliphatic rings. The van der Waals surface area contributed by atoms with Crippen molar-refractivity contribution in [2.75, 3.05) is 6.61 Å². The van der Waals surface area contributed by atoms with E-state index < -0.39 is 5.41 Å². The molecule has 4 heteroatoms. The predicted octanol–water partition coefficient (Wildman–Crippen LogP) is 3.92. The van der Waals surface area contributed by atoms with E-state index in [4.69, 9.17) is 33.2 Å². The van der Waals surface area contributed by atoms with Crippen molar-refractivity contribution >= 4 is 23.2 Å². The molecular weight excluding hydrogens is 233 g/mol. The van der Waals surface area contributed by atoms with Crippen molar-refractivity contribution in [2.45, 2.75) is 13.8 Å². The highest BCUT2D eigenvalue weighted by molar-refractivity contribution is 6.37. The molecule has 0 heterocycles. The lowest BCUT2D eigenvalue weighted by atomic mass is 9.98. The lowest BCUT2D eigenvalue weighted by Crippen LogP contribution is -2.19. The highest BCUT2D eigenvalue weighted by Crippen LogP contribution is 2.33. The van der Waals surface area contributed by atoms with Gasteiger partial charge in [0.1, 0.15) is 6.61 Å². The number of hydrogen-bond donors (Lipinski definition) is 0. The van der Waals surface area contributed by atoms with Crippen molar-refractivity contribution in [3.8, 4) is 11.8 Å². The van der Waals surface area contributed by atoms with Gasteiger partial charge in [0.25, 0.3) is 0 Å². The molecule has 0 unspecified atom stereocenters. The van der Waals surface area contributed by atoms with Gasteiger partial charge in [-0.1, -0.05) is 29.3 Å². The Bertz CT molecular complexity index is 376. The summed E-state index contributed by atoms with van der Waals surface area (Å²) in [5.74, 6) is 0.434. The first kappa shape index (κ1) is 12.2. The van der Waals surface area contributed by atoms with Crippen molar-refractivity contribution in [2.24, 2.45) is 5.41 Å². The zero-order chi connectivity index (χ0) is 11.5. The van der Waals surface area contributed by atoms with E-state index in [-0.39, 0.29) is 6.61 Å². The van der Waals surface area contributed by atoms with Crippen LogP contribution in [-0.2, 0) is 0 Å². The molecule has 0 saturated heterocycles. The van der Waals surface area contributed by atoms with E-state index in [1.54, 1.807) is 32.0 Å². The van der Waals surface area contributed by atoms with Gasteiger partial charge in [-0.2, -0.15) is 5.26 Å². The molecule has 0 N–H and O–H groups in total. The molecule has 80 valence electrons. The summed E-state index contributed by atoms with van der Waals surface area (Å²) in [7, 11) is 0. The molecule has 1 rings (SSSR count). The second-order valence-corrected chi connectivity index (χ2v) is 4.65. The Morgan fingerprint density at radius 1 is 1.33 bits per heavy atom. The van der Waals surface area contributed by atoms with Gasteiger partial charge in [0.2, 0.25) is 0 Å². The SMILES string of the molecule is CC(C)(C#N)COc1c(Cl)cccc1Cl. The van der Waals surface area contributed by atoms with Crippen LogP contribution in [0.15, 0.2) is 18.2 Å². The first-order valence-electron chi connectivity index (χ1n) is 4.44. The van der Waals surface area contributed by atoms with Crippen LogP contribution in [0.2, 0.25) is 10.0 Å². The molecule has 2 nitrogen and oxygen atoms in total. The Labute approximate surface area is 99.4 Å². The van der Waals surface area contributed by atoms with Crippen molar-refractivity contribution in [3.63, 3.8) is 0 Å². The second-order valence-electron chi connectivity index (χ2n) is 3.84. The molecule has 0 fully saturated rings. The van der Waals surface area contributed by atoms with Gasteiger partial charge < -0.3 is 4.74 Å². The molecule has 15 heavy (non-hydrogen) atoms. The molecule has 0 spiro atoms. The molecule has 0 aliphatic heterocycles. The Kier molecular flexibility index (Phi) is 3.84. The normalized spacial score (nSPS) is 10.9. The van der Waals surface area contributed by atoms with Crippen LogP contribution >= 0.6 is 23.2 Å². The minimum absolute atomic E-state index is 0.257. The van der Waals surface area contributed by atoms with Gasteiger partial charge >= 0.3 is 0 Å². The zero-order valence-electron chi connectivity index (χ0n) is 8.55. The second kappa shape index (κ2) is 4.74. The van der Waals surface area contributed by atoms with Crippen LogP contribution in [0.4, 0.5) is 0 Å². The molecule has 0 saturated carbocycles. The third kappa shape index (κ3) is 3.30. The minimum Gasteiger partial charge on any atom is -0.489 e. The van der Waals surface area contributed by atoms with Gasteiger partial charge in [0.05, 0.1) is 21.5 Å². The summed E-state index contributed by atoms with van der Waals surface area (Å²) in [5, 5.41) is 9.72. The first-order chi connectivity index (χ1) is 6.96. The van der Waals surface area contributed by atoms with Gasteiger partial charge in [0.15, 0.2) is 5.75 Å². The van der Waals surface area contributed by atoms with Crippen LogP contribution in [0, 0.1) is 16.7 Å². The van der Waals surface area contributed by atoms with Crippen molar-refractivity contribution in [3.05, 3.63) is 28.2 Å². The Morgan fingerprint density at radius 3 is 2.33 bits per heavy atom. The molecule has 1 aromatic carbocycles. The number of ether oxygens (including phenoxy) is 1. The van der Waals surface area contributed by atoms with E-state index >= 15 is 0 Å². The Hall–Kier alpha value is -0.910. The maximum absolute atomic E-state index is 8.81. The van der Waals surface area contributed by atoms with Crippen LogP contribution in [0.25, 0.3) is 0 Å². The van der Waals surface area contributed by atoms with Crippen molar-refractivity contribution in [1.82, 2.24) is 0 Å². The number of halogens is 2. The molecule has 0 atom stereocenters. The smallest absolute Gasteiger partial charge is 0.156 e. The van der Waals surface area contributed by atoms with Crippen molar-refractivity contribution < 1.29 is 4.74 Å². The van der Waals surface area contributed by atoms with Gasteiger partial charge in [-0.15, -0.1) is 0 Å². The third-order valence-electron chi connectivity index (χ3n) is 1.80. The number of benzene rings is 1. The van der Waals surface area contributed by atoms with E-state index in [1.807, 2.05) is 0 Å². The van der Waals surface area contributed by atoms with Crippen LogP contribution in [0.5, 0.6) is 5.75 Å². The third-order valence-corrected chi connectivity index (χ3v) is 2.39. The first-order valence-corrected chi connectivity index (χ1v) is 5.20. The van der Waals surface area contributed by atoms with E-state index in [2.05, 4.69) is 6.07 Å². The van der Waals surface area contributed by atoms with Gasteiger partial charge in [0, 0.05) is 0 Å². The standard InChI is InChI=1S/C11H11Cl2NO/c1-11(2,6-14)7-15-10-8(12)4-3-5-9(10)13/h3-5H,7H2,1-2H3. The van der Waals surface area contributed by atoms with E-state index in [9.17, 15) is 0 Å². The Balaban J connectivity index is 2.79. The van der Waals surface area contributed by atoms with Crippen LogP contribution in [-0.4, -0.2) is 6.61 Å². The van der Waals surface area contributed by atoms with E-state index in [0.29, 0.717) is 15.8 Å². The number of rotatable bonds is 3. The summed E-state index contributed by atoms with van der Waals surface area (Å²) in [6, 6.07) is 7.28. The topological polar surface area (TPSA) is 33.0 Å². The molecule has 0 aliphatic carbocycles. The summed E-state index contributed by atoms with van der Waals surface area (Å²) in [4.78, 5) is 0. The lowest BCUT2D eigenvalue weighted by molar-refractivity contribution is 0.227. The average molecular weight is 244 g/mol. The quantitative estimate of drug-likeness (QED) is 0.807. The van der Waals surface area contributed by atoms with Crippen LogP contribution < -0.4 is 4.74 Å². The number of nitrogens with zero attached hydrogens (tertiary/aromatic N) is 1. The largest absolute Gasteiger partial charge is 0.489 e. The van der Waals surface area contributed by atoms with Gasteiger partial charge in [-0.25, -0.2) is 0 Å². The maximum Gasteiger partial charge on any atom is 0.156 e. The van der Waals surface area contributed by atoms with E-state index in [1.165, 1.54) is 0 Å². The minimum atomic E-state index is -0.553. The molecular formula is C11H11Cl2NO. The summed E-state index contributed by atoms with van der Waals surface area (Å²) in [6.07, 6.45) is 0. The molecule has 0 aromatic heterocycles. The lowest BCUT2D eigenvalue weighted by Gasteiger charge is -2.17. The average Bonchev–Trinajstić information content (AvgIpc) is 2.17. The summed E-state index contributed by atoms with van der Waals surface area (Å²) in [5.41, 5.74) is -0.553. The fraction of sp³-hybridized carbons (Fsp3) is 0.364. The summed E-state index contributed by atoms with van der Waals surface area (Å²) in [6.45, 7) is 3.84. The molecule has 1 aromatic rings. The summed E-state index contributed by atoms with van der Waals surface area (Å²) >= 11 is 11.8. The molecule has 0 bridgehead atoms. The zero-order valence-corrected chi connectivity index (χ0v) is 10.1. The fourth-order valence-corrected chi connectivity index (χ4v) is 1.41. The Morgan fingerprint density at radius 2 is 1.87 bits per heavy atom. The fourth-order valence-electron chi connectivity index (χ4n) is 0.905. The van der Waals surface area contributed by atoms with Crippen molar-refractivity contribution in [1.29, 1.82) is 5.26 Å².